The molecule has 2 aliphatic heterocycles. The van der Waals surface area contributed by atoms with Gasteiger partial charge in [0.25, 0.3) is 0 Å². The van der Waals surface area contributed by atoms with Crippen LogP contribution in [0, 0.1) is 0 Å². The Bertz CT molecular complexity index is 649. The first-order chi connectivity index (χ1) is 10.4. The van der Waals surface area contributed by atoms with Gasteiger partial charge in [-0.15, -0.1) is 0 Å². The zero-order valence-electron chi connectivity index (χ0n) is 12.0. The molecule has 0 aliphatic carbocycles. The molecule has 1 fully saturated rings. The molecule has 2 aromatic rings. The van der Waals surface area contributed by atoms with E-state index in [9.17, 15) is 0 Å². The largest absolute Gasteiger partial charge is 0.379 e. The molecule has 0 saturated carbocycles. The highest BCUT2D eigenvalue weighted by Gasteiger charge is 2.17. The fourth-order valence-corrected chi connectivity index (χ4v) is 4.11. The van der Waals surface area contributed by atoms with Crippen molar-refractivity contribution in [3.63, 3.8) is 0 Å². The number of hydrogen-bond acceptors (Lipinski definition) is 3. The van der Waals surface area contributed by atoms with Gasteiger partial charge in [0.2, 0.25) is 0 Å². The van der Waals surface area contributed by atoms with Gasteiger partial charge in [0.1, 0.15) is 0 Å². The molecule has 21 heavy (non-hydrogen) atoms. The molecule has 0 N–H and O–H groups in total. The first-order valence-corrected chi connectivity index (χ1v) is 8.38. The highest BCUT2D eigenvalue weighted by molar-refractivity contribution is 7.99. The maximum absolute atomic E-state index is 5.42. The Balaban J connectivity index is 1.55. The maximum atomic E-state index is 5.42. The van der Waals surface area contributed by atoms with Crippen LogP contribution in [0.15, 0.2) is 52.3 Å². The molecule has 0 amide bonds. The third-order valence-electron chi connectivity index (χ3n) is 4.21. The lowest BCUT2D eigenvalue weighted by molar-refractivity contribution is 0.0342. The Hall–Kier alpha value is -1.29. The summed E-state index contributed by atoms with van der Waals surface area (Å²) in [5.74, 6) is 0. The van der Waals surface area contributed by atoms with Crippen LogP contribution in [0.4, 0.5) is 0 Å². The van der Waals surface area contributed by atoms with E-state index < -0.39 is 0 Å². The Morgan fingerprint density at radius 3 is 2.67 bits per heavy atom. The van der Waals surface area contributed by atoms with E-state index in [1.165, 1.54) is 26.5 Å². The normalized spacial score (nSPS) is 18.1. The number of ether oxygens (including phenoxy) is 1. The van der Waals surface area contributed by atoms with Gasteiger partial charge in [0.05, 0.1) is 13.2 Å². The van der Waals surface area contributed by atoms with Gasteiger partial charge in [-0.1, -0.05) is 42.1 Å². The molecule has 2 aromatic carbocycles. The molecule has 0 atom stereocenters. The van der Waals surface area contributed by atoms with E-state index in [2.05, 4.69) is 47.4 Å². The molecule has 2 nitrogen and oxygen atoms in total. The van der Waals surface area contributed by atoms with Crippen LogP contribution in [0.2, 0.25) is 0 Å². The molecule has 2 heterocycles. The zero-order valence-corrected chi connectivity index (χ0v) is 12.9. The van der Waals surface area contributed by atoms with Gasteiger partial charge in [0.15, 0.2) is 0 Å². The van der Waals surface area contributed by atoms with Crippen molar-refractivity contribution in [1.29, 1.82) is 0 Å². The van der Waals surface area contributed by atoms with E-state index in [0.717, 1.165) is 39.3 Å². The number of fused-ring (bicyclic) bond motifs is 2. The third-order valence-corrected chi connectivity index (χ3v) is 5.44. The third kappa shape index (κ3) is 2.86. The molecule has 0 radical (unpaired) electrons. The summed E-state index contributed by atoms with van der Waals surface area (Å²) in [7, 11) is 0. The Labute approximate surface area is 130 Å². The van der Waals surface area contributed by atoms with Gasteiger partial charge in [0, 0.05) is 29.4 Å². The van der Waals surface area contributed by atoms with Crippen molar-refractivity contribution in [3.8, 4) is 0 Å². The van der Waals surface area contributed by atoms with Crippen LogP contribution in [-0.2, 0) is 17.7 Å². The van der Waals surface area contributed by atoms with E-state index in [1.54, 1.807) is 0 Å². The standard InChI is InChI=1S/C18H19NOS/c1-2-4-17-15(3-1)12-16-11-14(5-6-18(16)21-17)13-19-7-9-20-10-8-19/h1-6,11H,7-10,12-13H2. The summed E-state index contributed by atoms with van der Waals surface area (Å²) in [6, 6.07) is 15.7. The van der Waals surface area contributed by atoms with Crippen molar-refractivity contribution in [2.75, 3.05) is 26.3 Å². The minimum absolute atomic E-state index is 0.869. The highest BCUT2D eigenvalue weighted by Crippen LogP contribution is 2.39. The lowest BCUT2D eigenvalue weighted by Crippen LogP contribution is -2.35. The first-order valence-electron chi connectivity index (χ1n) is 7.56. The number of hydrogen-bond donors (Lipinski definition) is 0. The second-order valence-corrected chi connectivity index (χ2v) is 6.80. The molecule has 0 unspecified atom stereocenters. The van der Waals surface area contributed by atoms with Crippen molar-refractivity contribution >= 4 is 11.8 Å². The average Bonchev–Trinajstić information content (AvgIpc) is 2.54. The van der Waals surface area contributed by atoms with Gasteiger partial charge in [-0.25, -0.2) is 0 Å². The Kier molecular flexibility index (Phi) is 3.72. The van der Waals surface area contributed by atoms with E-state index in [-0.39, 0.29) is 0 Å². The van der Waals surface area contributed by atoms with E-state index in [1.807, 2.05) is 11.8 Å². The molecular formula is C18H19NOS. The maximum Gasteiger partial charge on any atom is 0.0594 e. The van der Waals surface area contributed by atoms with Gasteiger partial charge >= 0.3 is 0 Å². The fraction of sp³-hybridized carbons (Fsp3) is 0.333. The van der Waals surface area contributed by atoms with E-state index in [0.29, 0.717) is 0 Å². The van der Waals surface area contributed by atoms with Crippen molar-refractivity contribution < 1.29 is 4.74 Å². The minimum atomic E-state index is 0.869. The van der Waals surface area contributed by atoms with E-state index in [4.69, 9.17) is 4.74 Å². The summed E-state index contributed by atoms with van der Waals surface area (Å²) in [5, 5.41) is 0. The molecule has 1 saturated heterocycles. The second-order valence-electron chi connectivity index (χ2n) is 5.72. The molecular weight excluding hydrogens is 278 g/mol. The van der Waals surface area contributed by atoms with Gasteiger partial charge in [-0.2, -0.15) is 0 Å². The quantitative estimate of drug-likeness (QED) is 0.717. The molecule has 0 aromatic heterocycles. The smallest absolute Gasteiger partial charge is 0.0594 e. The summed E-state index contributed by atoms with van der Waals surface area (Å²) in [5.41, 5.74) is 4.36. The summed E-state index contributed by atoms with van der Waals surface area (Å²) < 4.78 is 5.42. The molecule has 4 rings (SSSR count). The number of nitrogens with zero attached hydrogens (tertiary/aromatic N) is 1. The lowest BCUT2D eigenvalue weighted by atomic mass is 10.0. The Morgan fingerprint density at radius 2 is 1.76 bits per heavy atom. The SMILES string of the molecule is c1ccc2c(c1)Cc1cc(CN3CCOCC3)ccc1S2. The molecule has 2 aliphatic rings. The van der Waals surface area contributed by atoms with Gasteiger partial charge in [-0.05, 0) is 35.2 Å². The van der Waals surface area contributed by atoms with Gasteiger partial charge < -0.3 is 4.74 Å². The van der Waals surface area contributed by atoms with Crippen molar-refractivity contribution in [2.24, 2.45) is 0 Å². The van der Waals surface area contributed by atoms with Crippen LogP contribution in [0.1, 0.15) is 16.7 Å². The van der Waals surface area contributed by atoms with Crippen molar-refractivity contribution in [3.05, 3.63) is 59.2 Å². The molecule has 0 bridgehead atoms. The van der Waals surface area contributed by atoms with Crippen LogP contribution in [0.5, 0.6) is 0 Å². The summed E-state index contributed by atoms with van der Waals surface area (Å²) in [4.78, 5) is 5.31. The molecule has 3 heteroatoms. The number of morpholine rings is 1. The van der Waals surface area contributed by atoms with Crippen LogP contribution >= 0.6 is 11.8 Å². The lowest BCUT2D eigenvalue weighted by Gasteiger charge is -2.27. The minimum Gasteiger partial charge on any atom is -0.379 e. The van der Waals surface area contributed by atoms with E-state index >= 15 is 0 Å². The highest BCUT2D eigenvalue weighted by atomic mass is 32.2. The predicted octanol–water partition coefficient (Wildman–Crippen LogP) is 3.57. The van der Waals surface area contributed by atoms with Crippen LogP contribution < -0.4 is 0 Å². The number of benzene rings is 2. The van der Waals surface area contributed by atoms with Crippen LogP contribution in [-0.4, -0.2) is 31.2 Å². The zero-order chi connectivity index (χ0) is 14.1. The summed E-state index contributed by atoms with van der Waals surface area (Å²) >= 11 is 1.90. The Morgan fingerprint density at radius 1 is 0.952 bits per heavy atom. The fourth-order valence-electron chi connectivity index (χ4n) is 3.06. The summed E-state index contributed by atoms with van der Waals surface area (Å²) in [6.07, 6.45) is 1.06. The van der Waals surface area contributed by atoms with Crippen LogP contribution in [0.25, 0.3) is 0 Å². The predicted molar refractivity (Wildman–Crippen MR) is 85.9 cm³/mol. The molecule has 0 spiro atoms. The average molecular weight is 297 g/mol. The van der Waals surface area contributed by atoms with Crippen LogP contribution in [0.3, 0.4) is 0 Å². The molecule has 108 valence electrons. The second kappa shape index (κ2) is 5.84. The number of rotatable bonds is 2. The van der Waals surface area contributed by atoms with Crippen molar-refractivity contribution in [1.82, 2.24) is 4.90 Å². The summed E-state index contributed by atoms with van der Waals surface area (Å²) in [6.45, 7) is 4.88. The van der Waals surface area contributed by atoms with Gasteiger partial charge in [-0.3, -0.25) is 4.90 Å². The topological polar surface area (TPSA) is 12.5 Å². The first kappa shape index (κ1) is 13.4. The monoisotopic (exact) mass is 297 g/mol. The van der Waals surface area contributed by atoms with Crippen molar-refractivity contribution in [2.45, 2.75) is 22.8 Å².